The van der Waals surface area contributed by atoms with E-state index in [1.165, 1.54) is 30.3 Å². The van der Waals surface area contributed by atoms with Gasteiger partial charge in [0, 0.05) is 6.54 Å². The first-order valence-electron chi connectivity index (χ1n) is 6.76. The fraction of sp³-hybridized carbons (Fsp3) is 0.533. The fourth-order valence-electron chi connectivity index (χ4n) is 2.73. The smallest absolute Gasteiger partial charge is 0.127 e. The Morgan fingerprint density at radius 3 is 2.83 bits per heavy atom. The molecule has 0 bridgehead atoms. The topological polar surface area (TPSA) is 17.8 Å². The van der Waals surface area contributed by atoms with E-state index < -0.39 is 0 Å². The van der Waals surface area contributed by atoms with Gasteiger partial charge >= 0.3 is 0 Å². The summed E-state index contributed by atoms with van der Waals surface area (Å²) in [4.78, 5) is 4.75. The van der Waals surface area contributed by atoms with Crippen LogP contribution in [0.25, 0.3) is 11.0 Å². The van der Waals surface area contributed by atoms with Crippen molar-refractivity contribution in [1.82, 2.24) is 9.55 Å². The summed E-state index contributed by atoms with van der Waals surface area (Å²) in [5.74, 6) is 1.84. The van der Waals surface area contributed by atoms with Gasteiger partial charge in [0.05, 0.1) is 16.4 Å². The van der Waals surface area contributed by atoms with Gasteiger partial charge in [0.2, 0.25) is 0 Å². The van der Waals surface area contributed by atoms with Crippen LogP contribution in [0, 0.1) is 12.8 Å². The van der Waals surface area contributed by atoms with E-state index in [9.17, 15) is 0 Å². The van der Waals surface area contributed by atoms with Gasteiger partial charge in [-0.25, -0.2) is 4.98 Å². The van der Waals surface area contributed by atoms with Crippen molar-refractivity contribution in [1.29, 1.82) is 0 Å². The van der Waals surface area contributed by atoms with Crippen LogP contribution < -0.4 is 0 Å². The molecule has 1 atom stereocenters. The number of hydrogen-bond acceptors (Lipinski definition) is 1. The number of aromatic nitrogens is 2. The maximum Gasteiger partial charge on any atom is 0.127 e. The summed E-state index contributed by atoms with van der Waals surface area (Å²) in [6.07, 6.45) is 4.07. The molecule has 1 unspecified atom stereocenters. The highest BCUT2D eigenvalue weighted by molar-refractivity contribution is 6.20. The Kier molecular flexibility index (Phi) is 3.06. The van der Waals surface area contributed by atoms with Crippen molar-refractivity contribution in [2.24, 2.45) is 5.92 Å². The Labute approximate surface area is 113 Å². The molecule has 1 fully saturated rings. The van der Waals surface area contributed by atoms with E-state index in [1.54, 1.807) is 0 Å². The first-order valence-corrected chi connectivity index (χ1v) is 7.20. The second-order valence-electron chi connectivity index (χ2n) is 5.44. The van der Waals surface area contributed by atoms with Crippen LogP contribution in [0.5, 0.6) is 0 Å². The molecule has 0 N–H and O–H groups in total. The average molecular weight is 263 g/mol. The Morgan fingerprint density at radius 1 is 1.44 bits per heavy atom. The van der Waals surface area contributed by atoms with E-state index in [0.717, 1.165) is 23.8 Å². The van der Waals surface area contributed by atoms with Gasteiger partial charge in [0.1, 0.15) is 5.82 Å². The molecule has 0 spiro atoms. The summed E-state index contributed by atoms with van der Waals surface area (Å²) >= 11 is 6.29. The zero-order valence-electron chi connectivity index (χ0n) is 11.0. The molecular formula is C15H19ClN2. The molecule has 2 nitrogen and oxygen atoms in total. The highest BCUT2D eigenvalue weighted by Crippen LogP contribution is 2.32. The Morgan fingerprint density at radius 2 is 2.22 bits per heavy atom. The van der Waals surface area contributed by atoms with E-state index in [4.69, 9.17) is 16.6 Å². The summed E-state index contributed by atoms with van der Waals surface area (Å²) in [5.41, 5.74) is 3.59. The van der Waals surface area contributed by atoms with Crippen molar-refractivity contribution < 1.29 is 0 Å². The third-order valence-corrected chi connectivity index (χ3v) is 4.23. The van der Waals surface area contributed by atoms with Crippen molar-refractivity contribution in [3.8, 4) is 0 Å². The van der Waals surface area contributed by atoms with E-state index in [2.05, 4.69) is 29.7 Å². The third kappa shape index (κ3) is 1.93. The number of alkyl halides is 1. The minimum Gasteiger partial charge on any atom is -0.326 e. The van der Waals surface area contributed by atoms with Crippen LogP contribution in [0.2, 0.25) is 0 Å². The predicted molar refractivity (Wildman–Crippen MR) is 76.1 cm³/mol. The Balaban J connectivity index is 2.12. The molecule has 18 heavy (non-hydrogen) atoms. The molecule has 3 heteroatoms. The van der Waals surface area contributed by atoms with Crippen LogP contribution in [0.1, 0.15) is 43.0 Å². The van der Waals surface area contributed by atoms with Gasteiger partial charge < -0.3 is 4.57 Å². The normalized spacial score (nSPS) is 17.9. The Hall–Kier alpha value is -1.02. The van der Waals surface area contributed by atoms with E-state index in [-0.39, 0.29) is 5.38 Å². The van der Waals surface area contributed by atoms with Gasteiger partial charge in [-0.2, -0.15) is 0 Å². The molecule has 2 aromatic rings. The lowest BCUT2D eigenvalue weighted by molar-refractivity contribution is 0.276. The van der Waals surface area contributed by atoms with Gasteiger partial charge in [-0.3, -0.25) is 0 Å². The van der Waals surface area contributed by atoms with Gasteiger partial charge in [0.15, 0.2) is 0 Å². The van der Waals surface area contributed by atoms with E-state index in [1.807, 2.05) is 6.92 Å². The summed E-state index contributed by atoms with van der Waals surface area (Å²) in [6.45, 7) is 5.20. The minimum absolute atomic E-state index is 0.0307. The number of halogens is 1. The highest BCUT2D eigenvalue weighted by Gasteiger charge is 2.22. The van der Waals surface area contributed by atoms with Crippen LogP contribution in [0.4, 0.5) is 0 Å². The first-order chi connectivity index (χ1) is 8.66. The molecule has 0 saturated heterocycles. The number of hydrogen-bond donors (Lipinski definition) is 0. The largest absolute Gasteiger partial charge is 0.326 e. The minimum atomic E-state index is -0.0307. The van der Waals surface area contributed by atoms with Crippen LogP contribution in [0.3, 0.4) is 0 Å². The molecule has 1 aliphatic carbocycles. The molecule has 96 valence electrons. The number of aryl methyl sites for hydroxylation is 1. The van der Waals surface area contributed by atoms with E-state index in [0.29, 0.717) is 0 Å². The number of nitrogens with zero attached hydrogens (tertiary/aromatic N) is 2. The molecule has 0 amide bonds. The maximum atomic E-state index is 6.29. The maximum absolute atomic E-state index is 6.29. The van der Waals surface area contributed by atoms with Crippen molar-refractivity contribution >= 4 is 22.6 Å². The molecule has 0 aliphatic heterocycles. The number of imidazole rings is 1. The molecule has 3 rings (SSSR count). The second kappa shape index (κ2) is 4.58. The summed E-state index contributed by atoms with van der Waals surface area (Å²) < 4.78 is 2.34. The van der Waals surface area contributed by atoms with Crippen LogP contribution >= 0.6 is 11.6 Å². The molecule has 0 radical (unpaired) electrons. The lowest BCUT2D eigenvalue weighted by atomic mass is 9.85. The third-order valence-electron chi connectivity index (χ3n) is 4.03. The molecule has 1 aromatic carbocycles. The van der Waals surface area contributed by atoms with Gasteiger partial charge in [-0.05, 0) is 44.2 Å². The monoisotopic (exact) mass is 262 g/mol. The zero-order valence-corrected chi connectivity index (χ0v) is 11.7. The zero-order chi connectivity index (χ0) is 12.7. The molecular weight excluding hydrogens is 244 g/mol. The summed E-state index contributed by atoms with van der Waals surface area (Å²) in [7, 11) is 0. The average Bonchev–Trinajstić information content (AvgIpc) is 2.64. The number of rotatable bonds is 3. The number of fused-ring (bicyclic) bond motifs is 1. The Bertz CT molecular complexity index is 567. The summed E-state index contributed by atoms with van der Waals surface area (Å²) in [6, 6.07) is 6.39. The standard InChI is InChI=1S/C15H19ClN2/c1-10-5-3-8-13-14(10)17-15(11(2)16)18(13)9-12-6-4-7-12/h3,5,8,11-12H,4,6-7,9H2,1-2H3. The van der Waals surface area contributed by atoms with Crippen LogP contribution in [-0.4, -0.2) is 9.55 Å². The quantitative estimate of drug-likeness (QED) is 0.748. The predicted octanol–water partition coefficient (Wildman–Crippen LogP) is 4.44. The lowest BCUT2D eigenvalue weighted by Crippen LogP contribution is -2.19. The van der Waals surface area contributed by atoms with Crippen molar-refractivity contribution in [2.75, 3.05) is 0 Å². The van der Waals surface area contributed by atoms with Crippen molar-refractivity contribution in [3.63, 3.8) is 0 Å². The van der Waals surface area contributed by atoms with Crippen LogP contribution in [0.15, 0.2) is 18.2 Å². The van der Waals surface area contributed by atoms with E-state index >= 15 is 0 Å². The molecule has 1 heterocycles. The van der Waals surface area contributed by atoms with Crippen molar-refractivity contribution in [3.05, 3.63) is 29.6 Å². The lowest BCUT2D eigenvalue weighted by Gasteiger charge is -2.27. The number of para-hydroxylation sites is 1. The molecule has 1 aliphatic rings. The SMILES string of the molecule is Cc1cccc2c1nc(C(C)Cl)n2CC1CCC1. The van der Waals surface area contributed by atoms with Gasteiger partial charge in [0.25, 0.3) is 0 Å². The van der Waals surface area contributed by atoms with Gasteiger partial charge in [-0.1, -0.05) is 18.6 Å². The van der Waals surface area contributed by atoms with Crippen LogP contribution in [-0.2, 0) is 6.54 Å². The molecule has 1 saturated carbocycles. The highest BCUT2D eigenvalue weighted by atomic mass is 35.5. The summed E-state index contributed by atoms with van der Waals surface area (Å²) in [5, 5.41) is -0.0307. The van der Waals surface area contributed by atoms with Gasteiger partial charge in [-0.15, -0.1) is 11.6 Å². The fourth-order valence-corrected chi connectivity index (χ4v) is 2.90. The molecule has 1 aromatic heterocycles. The van der Waals surface area contributed by atoms with Crippen molar-refractivity contribution in [2.45, 2.75) is 45.0 Å². The number of benzene rings is 1. The second-order valence-corrected chi connectivity index (χ2v) is 6.09. The first kappa shape index (κ1) is 12.0.